The molecule has 2 heterocycles. The van der Waals surface area contributed by atoms with Crippen molar-refractivity contribution in [2.45, 2.75) is 5.25 Å². The van der Waals surface area contributed by atoms with Crippen molar-refractivity contribution in [1.82, 2.24) is 10.9 Å². The number of nitrogens with one attached hydrogen (secondary N) is 2. The third-order valence-corrected chi connectivity index (χ3v) is 2.65. The van der Waals surface area contributed by atoms with Crippen molar-refractivity contribution in [2.24, 2.45) is 0 Å². The lowest BCUT2D eigenvalue weighted by Gasteiger charge is -1.95. The zero-order valence-corrected chi connectivity index (χ0v) is 5.29. The molecule has 0 bridgehead atoms. The van der Waals surface area contributed by atoms with E-state index in [-0.39, 0.29) is 0 Å². The van der Waals surface area contributed by atoms with Gasteiger partial charge in [-0.3, -0.25) is 0 Å². The number of rotatable bonds is 0. The number of fused-ring (bicyclic) bond motifs is 1. The minimum absolute atomic E-state index is 0.731. The quantitative estimate of drug-likeness (QED) is 0.483. The van der Waals surface area contributed by atoms with Crippen LogP contribution < -0.4 is 10.9 Å². The molecule has 2 aliphatic heterocycles. The molecule has 0 aliphatic carbocycles. The number of hydrazine groups is 1. The SMILES string of the molecule is C1=C2NNCC2SC1. The number of thioether (sulfide) groups is 1. The first kappa shape index (κ1) is 4.70. The summed E-state index contributed by atoms with van der Waals surface area (Å²) >= 11 is 2.00. The van der Waals surface area contributed by atoms with Crippen molar-refractivity contribution in [2.75, 3.05) is 12.3 Å². The maximum Gasteiger partial charge on any atom is 0.0601 e. The average Bonchev–Trinajstić information content (AvgIpc) is 2.15. The van der Waals surface area contributed by atoms with Gasteiger partial charge in [-0.1, -0.05) is 6.08 Å². The summed E-state index contributed by atoms with van der Waals surface area (Å²) in [5.41, 5.74) is 7.58. The Hall–Kier alpha value is -0.150. The second-order valence-corrected chi connectivity index (χ2v) is 3.22. The van der Waals surface area contributed by atoms with Crippen molar-refractivity contribution in [3.8, 4) is 0 Å². The third kappa shape index (κ3) is 0.548. The highest BCUT2D eigenvalue weighted by Crippen LogP contribution is 2.26. The van der Waals surface area contributed by atoms with Gasteiger partial charge in [0.15, 0.2) is 0 Å². The molecule has 0 amide bonds. The van der Waals surface area contributed by atoms with E-state index in [0.29, 0.717) is 0 Å². The van der Waals surface area contributed by atoms with Gasteiger partial charge in [-0.15, -0.1) is 11.8 Å². The van der Waals surface area contributed by atoms with E-state index in [1.54, 1.807) is 0 Å². The summed E-state index contributed by atoms with van der Waals surface area (Å²) in [4.78, 5) is 0. The Morgan fingerprint density at radius 1 is 1.75 bits per heavy atom. The van der Waals surface area contributed by atoms with Crippen LogP contribution in [0.4, 0.5) is 0 Å². The zero-order chi connectivity index (χ0) is 5.40. The lowest BCUT2D eigenvalue weighted by Crippen LogP contribution is -2.20. The second kappa shape index (κ2) is 1.67. The van der Waals surface area contributed by atoms with Crippen LogP contribution in [0.2, 0.25) is 0 Å². The Morgan fingerprint density at radius 3 is 3.62 bits per heavy atom. The monoisotopic (exact) mass is 128 g/mol. The van der Waals surface area contributed by atoms with Crippen LogP contribution in [0.1, 0.15) is 0 Å². The molecule has 1 atom stereocenters. The molecule has 1 fully saturated rings. The molecule has 2 rings (SSSR count). The van der Waals surface area contributed by atoms with Gasteiger partial charge in [0.25, 0.3) is 0 Å². The predicted octanol–water partition coefficient (Wildman–Crippen LogP) is 0.0935. The Balaban J connectivity index is 2.20. The highest BCUT2D eigenvalue weighted by Gasteiger charge is 2.23. The Labute approximate surface area is 52.7 Å². The summed E-state index contributed by atoms with van der Waals surface area (Å²) in [5, 5.41) is 0.731. The predicted molar refractivity (Wildman–Crippen MR) is 35.5 cm³/mol. The van der Waals surface area contributed by atoms with E-state index in [1.165, 1.54) is 11.4 Å². The second-order valence-electron chi connectivity index (χ2n) is 1.99. The fourth-order valence-corrected chi connectivity index (χ4v) is 2.07. The van der Waals surface area contributed by atoms with Crippen LogP contribution in [0.3, 0.4) is 0 Å². The summed E-state index contributed by atoms with van der Waals surface area (Å²) in [5.74, 6) is 1.19. The van der Waals surface area contributed by atoms with Crippen LogP contribution in [0.25, 0.3) is 0 Å². The first-order valence-corrected chi connectivity index (χ1v) is 3.82. The maximum absolute atomic E-state index is 3.11. The molecule has 0 aromatic heterocycles. The van der Waals surface area contributed by atoms with Crippen LogP contribution in [0, 0.1) is 0 Å². The van der Waals surface area contributed by atoms with Crippen molar-refractivity contribution >= 4 is 11.8 Å². The molecule has 2 aliphatic rings. The van der Waals surface area contributed by atoms with E-state index in [0.717, 1.165) is 11.8 Å². The first-order valence-electron chi connectivity index (χ1n) is 2.77. The first-order chi connectivity index (χ1) is 3.97. The van der Waals surface area contributed by atoms with Crippen molar-refractivity contribution in [3.05, 3.63) is 11.8 Å². The summed E-state index contributed by atoms with van der Waals surface area (Å²) in [7, 11) is 0. The van der Waals surface area contributed by atoms with Gasteiger partial charge >= 0.3 is 0 Å². The van der Waals surface area contributed by atoms with Gasteiger partial charge in [0.1, 0.15) is 0 Å². The topological polar surface area (TPSA) is 24.1 Å². The van der Waals surface area contributed by atoms with Crippen molar-refractivity contribution < 1.29 is 0 Å². The van der Waals surface area contributed by atoms with E-state index < -0.39 is 0 Å². The smallest absolute Gasteiger partial charge is 0.0601 e. The molecule has 0 radical (unpaired) electrons. The van der Waals surface area contributed by atoms with Crippen LogP contribution in [-0.2, 0) is 0 Å². The van der Waals surface area contributed by atoms with Gasteiger partial charge < -0.3 is 5.43 Å². The molecule has 0 aromatic rings. The van der Waals surface area contributed by atoms with Gasteiger partial charge in [-0.05, 0) is 0 Å². The van der Waals surface area contributed by atoms with Gasteiger partial charge in [0.2, 0.25) is 0 Å². The molecule has 3 heteroatoms. The maximum atomic E-state index is 3.11. The van der Waals surface area contributed by atoms with E-state index in [4.69, 9.17) is 0 Å². The van der Waals surface area contributed by atoms with Crippen LogP contribution in [-0.4, -0.2) is 17.5 Å². The summed E-state index contributed by atoms with van der Waals surface area (Å²) in [6, 6.07) is 0. The van der Waals surface area contributed by atoms with E-state index >= 15 is 0 Å². The van der Waals surface area contributed by atoms with Crippen molar-refractivity contribution in [3.63, 3.8) is 0 Å². The largest absolute Gasteiger partial charge is 0.325 e. The van der Waals surface area contributed by atoms with Gasteiger partial charge in [0.05, 0.1) is 5.25 Å². The van der Waals surface area contributed by atoms with E-state index in [9.17, 15) is 0 Å². The molecule has 0 aromatic carbocycles. The standard InChI is InChI=1S/C5H8N2S/c1-2-8-5-3-6-7-4(1)5/h1,5-7H,2-3H2. The molecular formula is C5H8N2S. The minimum Gasteiger partial charge on any atom is -0.325 e. The van der Waals surface area contributed by atoms with Crippen LogP contribution >= 0.6 is 11.8 Å². The summed E-state index contributed by atoms with van der Waals surface area (Å²) in [6.45, 7) is 1.09. The number of hydrogen-bond donors (Lipinski definition) is 2. The molecule has 44 valence electrons. The molecule has 0 saturated carbocycles. The van der Waals surface area contributed by atoms with E-state index in [1.807, 2.05) is 11.8 Å². The normalized spacial score (nSPS) is 34.0. The molecule has 1 saturated heterocycles. The van der Waals surface area contributed by atoms with E-state index in [2.05, 4.69) is 16.9 Å². The Kier molecular flexibility index (Phi) is 0.981. The van der Waals surface area contributed by atoms with Gasteiger partial charge in [-0.25, -0.2) is 5.43 Å². The lowest BCUT2D eigenvalue weighted by atomic mass is 10.3. The minimum atomic E-state index is 0.731. The molecule has 2 nitrogen and oxygen atoms in total. The van der Waals surface area contributed by atoms with Crippen molar-refractivity contribution in [1.29, 1.82) is 0 Å². The molecule has 0 spiro atoms. The van der Waals surface area contributed by atoms with Crippen LogP contribution in [0.15, 0.2) is 11.8 Å². The van der Waals surface area contributed by atoms with Crippen LogP contribution in [0.5, 0.6) is 0 Å². The average molecular weight is 128 g/mol. The van der Waals surface area contributed by atoms with Gasteiger partial charge in [0, 0.05) is 18.0 Å². The number of hydrogen-bond acceptors (Lipinski definition) is 3. The molecule has 8 heavy (non-hydrogen) atoms. The third-order valence-electron chi connectivity index (χ3n) is 1.47. The molecular weight excluding hydrogens is 120 g/mol. The highest BCUT2D eigenvalue weighted by molar-refractivity contribution is 8.00. The Bertz CT molecular complexity index is 132. The summed E-state index contributed by atoms with van der Waals surface area (Å²) < 4.78 is 0. The summed E-state index contributed by atoms with van der Waals surface area (Å²) in [6.07, 6.45) is 2.25. The fraction of sp³-hybridized carbons (Fsp3) is 0.600. The lowest BCUT2D eigenvalue weighted by molar-refractivity contribution is 0.721. The van der Waals surface area contributed by atoms with Gasteiger partial charge in [-0.2, -0.15) is 0 Å². The highest BCUT2D eigenvalue weighted by atomic mass is 32.2. The zero-order valence-electron chi connectivity index (χ0n) is 4.48. The molecule has 2 N–H and O–H groups in total. The fourth-order valence-electron chi connectivity index (χ4n) is 1.02. The Morgan fingerprint density at radius 2 is 2.75 bits per heavy atom. The molecule has 1 unspecified atom stereocenters.